The van der Waals surface area contributed by atoms with Crippen molar-refractivity contribution in [3.63, 3.8) is 0 Å². The summed E-state index contributed by atoms with van der Waals surface area (Å²) in [6.45, 7) is 0. The summed E-state index contributed by atoms with van der Waals surface area (Å²) in [6.07, 6.45) is 1.48. The van der Waals surface area contributed by atoms with Crippen LogP contribution in [0, 0.1) is 0 Å². The first-order valence-electron chi connectivity index (χ1n) is 6.75. The highest BCUT2D eigenvalue weighted by atomic mass is 16.5. The molecule has 0 aliphatic heterocycles. The Bertz CT molecular complexity index is 786. The number of carboxylic acids is 1. The Morgan fingerprint density at radius 1 is 1.00 bits per heavy atom. The smallest absolute Gasteiger partial charge is 0.372 e. The second-order valence-corrected chi connectivity index (χ2v) is 4.75. The minimum Gasteiger partial charge on any atom is -0.497 e. The van der Waals surface area contributed by atoms with Crippen molar-refractivity contribution in [3.8, 4) is 28.0 Å². The van der Waals surface area contributed by atoms with Gasteiger partial charge >= 0.3 is 5.97 Å². The number of rotatable bonds is 4. The van der Waals surface area contributed by atoms with E-state index in [0.717, 1.165) is 22.4 Å². The van der Waals surface area contributed by atoms with Crippen LogP contribution in [-0.2, 0) is 0 Å². The van der Waals surface area contributed by atoms with Crippen LogP contribution < -0.4 is 4.74 Å². The molecule has 0 aliphatic rings. The maximum absolute atomic E-state index is 11.4. The van der Waals surface area contributed by atoms with Crippen LogP contribution in [0.25, 0.3) is 22.3 Å². The molecule has 0 saturated carbocycles. The summed E-state index contributed by atoms with van der Waals surface area (Å²) in [6, 6.07) is 16.8. The van der Waals surface area contributed by atoms with E-state index in [4.69, 9.17) is 9.15 Å². The Morgan fingerprint density at radius 2 is 1.68 bits per heavy atom. The molecular weight excluding hydrogens is 280 g/mol. The highest BCUT2D eigenvalue weighted by Crippen LogP contribution is 2.37. The third-order valence-electron chi connectivity index (χ3n) is 3.45. The van der Waals surface area contributed by atoms with E-state index in [1.807, 2.05) is 54.6 Å². The van der Waals surface area contributed by atoms with E-state index >= 15 is 0 Å². The first-order valence-corrected chi connectivity index (χ1v) is 6.75. The van der Waals surface area contributed by atoms with Gasteiger partial charge in [-0.05, 0) is 23.3 Å². The lowest BCUT2D eigenvalue weighted by molar-refractivity contribution is 0.0663. The van der Waals surface area contributed by atoms with Crippen LogP contribution >= 0.6 is 0 Å². The van der Waals surface area contributed by atoms with Crippen molar-refractivity contribution in [1.82, 2.24) is 0 Å². The molecule has 2 aromatic carbocycles. The SMILES string of the molecule is COc1ccc(-c2coc(C(=O)O)c2-c2ccccc2)cc1. The molecule has 110 valence electrons. The second kappa shape index (κ2) is 5.77. The molecule has 1 aromatic heterocycles. The maximum atomic E-state index is 11.4. The largest absolute Gasteiger partial charge is 0.497 e. The quantitative estimate of drug-likeness (QED) is 0.778. The monoisotopic (exact) mass is 294 g/mol. The number of furan rings is 1. The van der Waals surface area contributed by atoms with E-state index in [9.17, 15) is 9.90 Å². The fourth-order valence-corrected chi connectivity index (χ4v) is 2.39. The molecule has 0 spiro atoms. The van der Waals surface area contributed by atoms with Gasteiger partial charge in [0.1, 0.15) is 12.0 Å². The second-order valence-electron chi connectivity index (χ2n) is 4.75. The summed E-state index contributed by atoms with van der Waals surface area (Å²) < 4.78 is 10.4. The van der Waals surface area contributed by atoms with Gasteiger partial charge in [0.15, 0.2) is 0 Å². The topological polar surface area (TPSA) is 59.7 Å². The van der Waals surface area contributed by atoms with E-state index in [-0.39, 0.29) is 5.76 Å². The summed E-state index contributed by atoms with van der Waals surface area (Å²) in [7, 11) is 1.60. The third-order valence-corrected chi connectivity index (χ3v) is 3.45. The highest BCUT2D eigenvalue weighted by molar-refractivity contribution is 5.99. The van der Waals surface area contributed by atoms with Gasteiger partial charge in [0, 0.05) is 11.1 Å². The predicted molar refractivity (Wildman–Crippen MR) is 83.1 cm³/mol. The van der Waals surface area contributed by atoms with Crippen LogP contribution in [0.15, 0.2) is 65.3 Å². The van der Waals surface area contributed by atoms with Crippen molar-refractivity contribution in [3.05, 3.63) is 66.6 Å². The average Bonchev–Trinajstić information content (AvgIpc) is 3.01. The zero-order chi connectivity index (χ0) is 15.5. The van der Waals surface area contributed by atoms with Crippen LogP contribution in [0.5, 0.6) is 5.75 Å². The highest BCUT2D eigenvalue weighted by Gasteiger charge is 2.21. The van der Waals surface area contributed by atoms with Gasteiger partial charge in [-0.3, -0.25) is 0 Å². The van der Waals surface area contributed by atoms with Gasteiger partial charge in [-0.1, -0.05) is 42.5 Å². The molecule has 4 nitrogen and oxygen atoms in total. The zero-order valence-corrected chi connectivity index (χ0v) is 11.9. The molecule has 4 heteroatoms. The fourth-order valence-electron chi connectivity index (χ4n) is 2.39. The summed E-state index contributed by atoms with van der Waals surface area (Å²) in [5.74, 6) is -0.400. The molecule has 3 aromatic rings. The molecule has 0 radical (unpaired) electrons. The molecule has 0 atom stereocenters. The molecule has 0 saturated heterocycles. The van der Waals surface area contributed by atoms with Gasteiger partial charge in [0.2, 0.25) is 5.76 Å². The lowest BCUT2D eigenvalue weighted by Crippen LogP contribution is -1.96. The van der Waals surface area contributed by atoms with E-state index in [1.165, 1.54) is 6.26 Å². The number of hydrogen-bond acceptors (Lipinski definition) is 3. The standard InChI is InChI=1S/C18H14O4/c1-21-14-9-7-12(8-10-14)15-11-22-17(18(19)20)16(15)13-5-3-2-4-6-13/h2-11H,1H3,(H,19,20). The Morgan fingerprint density at radius 3 is 2.27 bits per heavy atom. The Labute approximate surface area is 127 Å². The molecule has 0 fully saturated rings. The van der Waals surface area contributed by atoms with E-state index < -0.39 is 5.97 Å². The first-order chi connectivity index (χ1) is 10.7. The lowest BCUT2D eigenvalue weighted by atomic mass is 9.97. The van der Waals surface area contributed by atoms with Crippen molar-refractivity contribution >= 4 is 5.97 Å². The lowest BCUT2D eigenvalue weighted by Gasteiger charge is -2.06. The van der Waals surface area contributed by atoms with Crippen LogP contribution in [0.2, 0.25) is 0 Å². The van der Waals surface area contributed by atoms with Crippen molar-refractivity contribution < 1.29 is 19.1 Å². The zero-order valence-electron chi connectivity index (χ0n) is 11.9. The fraction of sp³-hybridized carbons (Fsp3) is 0.0556. The molecule has 3 rings (SSSR count). The van der Waals surface area contributed by atoms with E-state index in [1.54, 1.807) is 7.11 Å². The molecule has 0 unspecified atom stereocenters. The molecule has 1 heterocycles. The summed E-state index contributed by atoms with van der Waals surface area (Å²) in [4.78, 5) is 11.4. The average molecular weight is 294 g/mol. The molecule has 1 N–H and O–H groups in total. The van der Waals surface area contributed by atoms with Gasteiger partial charge in [0.05, 0.1) is 7.11 Å². The molecule has 0 amide bonds. The third kappa shape index (κ3) is 2.46. The molecular formula is C18H14O4. The minimum absolute atomic E-state index is 0.0583. The number of ether oxygens (including phenoxy) is 1. The number of hydrogen-bond donors (Lipinski definition) is 1. The van der Waals surface area contributed by atoms with Gasteiger partial charge in [-0.2, -0.15) is 0 Å². The Kier molecular flexibility index (Phi) is 3.66. The van der Waals surface area contributed by atoms with Crippen molar-refractivity contribution in [2.75, 3.05) is 7.11 Å². The van der Waals surface area contributed by atoms with Gasteiger partial charge in [-0.15, -0.1) is 0 Å². The predicted octanol–water partition coefficient (Wildman–Crippen LogP) is 4.32. The number of benzene rings is 2. The Balaban J connectivity index is 2.17. The minimum atomic E-state index is -1.08. The van der Waals surface area contributed by atoms with Crippen LogP contribution in [-0.4, -0.2) is 18.2 Å². The first kappa shape index (κ1) is 13.9. The maximum Gasteiger partial charge on any atom is 0.372 e. The van der Waals surface area contributed by atoms with Crippen LogP contribution in [0.3, 0.4) is 0 Å². The van der Waals surface area contributed by atoms with E-state index in [2.05, 4.69) is 0 Å². The Hall–Kier alpha value is -3.01. The molecule has 22 heavy (non-hydrogen) atoms. The summed E-state index contributed by atoms with van der Waals surface area (Å²) in [5.41, 5.74) is 3.00. The van der Waals surface area contributed by atoms with Gasteiger partial charge in [0.25, 0.3) is 0 Å². The van der Waals surface area contributed by atoms with Crippen molar-refractivity contribution in [1.29, 1.82) is 0 Å². The number of methoxy groups -OCH3 is 1. The number of carbonyl (C=O) groups is 1. The number of carboxylic acid groups (broad SMARTS) is 1. The number of aromatic carboxylic acids is 1. The van der Waals surface area contributed by atoms with Gasteiger partial charge in [-0.25, -0.2) is 4.79 Å². The van der Waals surface area contributed by atoms with E-state index in [0.29, 0.717) is 5.56 Å². The molecule has 0 bridgehead atoms. The molecule has 0 aliphatic carbocycles. The normalized spacial score (nSPS) is 10.4. The summed E-state index contributed by atoms with van der Waals surface area (Å²) >= 11 is 0. The van der Waals surface area contributed by atoms with Crippen LogP contribution in [0.4, 0.5) is 0 Å². The van der Waals surface area contributed by atoms with Crippen LogP contribution in [0.1, 0.15) is 10.6 Å². The van der Waals surface area contributed by atoms with Gasteiger partial charge < -0.3 is 14.3 Å². The van der Waals surface area contributed by atoms with Crippen molar-refractivity contribution in [2.24, 2.45) is 0 Å². The summed E-state index contributed by atoms with van der Waals surface area (Å²) in [5, 5.41) is 9.36. The van der Waals surface area contributed by atoms with Crippen molar-refractivity contribution in [2.45, 2.75) is 0 Å².